The van der Waals surface area contributed by atoms with Gasteiger partial charge in [-0.2, -0.15) is 0 Å². The van der Waals surface area contributed by atoms with Gasteiger partial charge in [0, 0.05) is 5.56 Å². The first kappa shape index (κ1) is 12.6. The van der Waals surface area contributed by atoms with Gasteiger partial charge in [-0.15, -0.1) is 0 Å². The van der Waals surface area contributed by atoms with Crippen molar-refractivity contribution in [2.75, 3.05) is 5.73 Å². The van der Waals surface area contributed by atoms with Gasteiger partial charge in [-0.25, -0.2) is 0 Å². The van der Waals surface area contributed by atoms with E-state index >= 15 is 0 Å². The molecule has 2 aromatic rings. The highest BCUT2D eigenvalue weighted by Crippen LogP contribution is 2.32. The number of anilines is 1. The van der Waals surface area contributed by atoms with Crippen LogP contribution in [0, 0.1) is 34.6 Å². The van der Waals surface area contributed by atoms with Crippen LogP contribution < -0.4 is 5.73 Å². The molecule has 94 valence electrons. The number of nitrogens with two attached hydrogens (primary N) is 1. The second-order valence-corrected chi connectivity index (χ2v) is 4.98. The summed E-state index contributed by atoms with van der Waals surface area (Å²) in [6.07, 6.45) is 1.72. The highest BCUT2D eigenvalue weighted by atomic mass is 14.7. The van der Waals surface area contributed by atoms with Gasteiger partial charge in [0.2, 0.25) is 0 Å². The van der Waals surface area contributed by atoms with E-state index in [-0.39, 0.29) is 0 Å². The van der Waals surface area contributed by atoms with Crippen molar-refractivity contribution in [1.29, 1.82) is 0 Å². The highest BCUT2D eigenvalue weighted by molar-refractivity contribution is 5.72. The fraction of sp³-hybridized carbons (Fsp3) is 0.312. The van der Waals surface area contributed by atoms with Crippen molar-refractivity contribution in [3.8, 4) is 11.3 Å². The summed E-state index contributed by atoms with van der Waals surface area (Å²) in [5, 5.41) is 0. The highest BCUT2D eigenvalue weighted by Gasteiger charge is 2.14. The third-order valence-corrected chi connectivity index (χ3v) is 4.04. The zero-order valence-electron chi connectivity index (χ0n) is 11.8. The molecule has 2 N–H and O–H groups in total. The zero-order valence-corrected chi connectivity index (χ0v) is 11.8. The third kappa shape index (κ3) is 1.88. The van der Waals surface area contributed by atoms with Crippen LogP contribution in [0.5, 0.6) is 0 Å². The van der Waals surface area contributed by atoms with Gasteiger partial charge in [0.05, 0.1) is 17.6 Å². The first-order valence-corrected chi connectivity index (χ1v) is 6.22. The zero-order chi connectivity index (χ0) is 13.4. The van der Waals surface area contributed by atoms with Crippen molar-refractivity contribution >= 4 is 5.69 Å². The van der Waals surface area contributed by atoms with Crippen LogP contribution in [0.2, 0.25) is 0 Å². The van der Waals surface area contributed by atoms with E-state index in [2.05, 4.69) is 39.6 Å². The molecule has 0 aliphatic rings. The maximum Gasteiger partial charge on any atom is 0.0709 e. The average Bonchev–Trinajstić information content (AvgIpc) is 2.36. The molecule has 2 heteroatoms. The van der Waals surface area contributed by atoms with E-state index in [0.717, 1.165) is 5.69 Å². The summed E-state index contributed by atoms with van der Waals surface area (Å²) >= 11 is 0. The molecule has 0 radical (unpaired) electrons. The molecule has 0 spiro atoms. The Bertz CT molecular complexity index is 566. The molecule has 2 rings (SSSR count). The summed E-state index contributed by atoms with van der Waals surface area (Å²) in [7, 11) is 0. The summed E-state index contributed by atoms with van der Waals surface area (Å²) < 4.78 is 0. The summed E-state index contributed by atoms with van der Waals surface area (Å²) in [6, 6.07) is 3.91. The van der Waals surface area contributed by atoms with Gasteiger partial charge in [0.15, 0.2) is 0 Å². The lowest BCUT2D eigenvalue weighted by Crippen LogP contribution is -2.00. The van der Waals surface area contributed by atoms with Gasteiger partial charge in [0.25, 0.3) is 0 Å². The molecular weight excluding hydrogens is 220 g/mol. The minimum absolute atomic E-state index is 0.703. The molecule has 0 saturated carbocycles. The van der Waals surface area contributed by atoms with Crippen molar-refractivity contribution in [2.24, 2.45) is 0 Å². The number of hydrogen-bond acceptors (Lipinski definition) is 2. The van der Waals surface area contributed by atoms with E-state index in [9.17, 15) is 0 Å². The number of aromatic nitrogens is 1. The number of rotatable bonds is 1. The molecule has 0 aliphatic carbocycles. The predicted molar refractivity (Wildman–Crippen MR) is 77.8 cm³/mol. The van der Waals surface area contributed by atoms with Crippen LogP contribution in [0.3, 0.4) is 0 Å². The molecule has 0 bridgehead atoms. The monoisotopic (exact) mass is 240 g/mol. The Kier molecular flexibility index (Phi) is 3.12. The molecular formula is C16H20N2. The summed E-state index contributed by atoms with van der Waals surface area (Å²) in [4.78, 5) is 4.46. The summed E-state index contributed by atoms with van der Waals surface area (Å²) in [5.41, 5.74) is 15.4. The number of pyridine rings is 1. The molecule has 0 amide bonds. The lowest BCUT2D eigenvalue weighted by Gasteiger charge is -2.18. The molecule has 1 heterocycles. The Hall–Kier alpha value is -1.83. The van der Waals surface area contributed by atoms with E-state index in [0.29, 0.717) is 5.69 Å². The average molecular weight is 240 g/mol. The van der Waals surface area contributed by atoms with Gasteiger partial charge >= 0.3 is 0 Å². The van der Waals surface area contributed by atoms with Gasteiger partial charge in [0.1, 0.15) is 0 Å². The largest absolute Gasteiger partial charge is 0.397 e. The van der Waals surface area contributed by atoms with Crippen LogP contribution in [-0.4, -0.2) is 4.98 Å². The predicted octanol–water partition coefficient (Wildman–Crippen LogP) is 3.87. The van der Waals surface area contributed by atoms with Gasteiger partial charge in [-0.1, -0.05) is 0 Å². The third-order valence-electron chi connectivity index (χ3n) is 4.04. The van der Waals surface area contributed by atoms with E-state index in [4.69, 9.17) is 5.73 Å². The fourth-order valence-corrected chi connectivity index (χ4v) is 2.44. The lowest BCUT2D eigenvalue weighted by atomic mass is 9.88. The molecule has 0 atom stereocenters. The van der Waals surface area contributed by atoms with Crippen molar-refractivity contribution in [1.82, 2.24) is 4.98 Å². The Balaban J connectivity index is 2.75. The maximum atomic E-state index is 5.70. The summed E-state index contributed by atoms with van der Waals surface area (Å²) in [6.45, 7) is 10.9. The normalized spacial score (nSPS) is 10.7. The van der Waals surface area contributed by atoms with E-state index in [1.54, 1.807) is 6.20 Å². The molecule has 0 aliphatic heterocycles. The van der Waals surface area contributed by atoms with Crippen LogP contribution in [0.1, 0.15) is 27.8 Å². The van der Waals surface area contributed by atoms with E-state index < -0.39 is 0 Å². The molecule has 1 aromatic heterocycles. The molecule has 18 heavy (non-hydrogen) atoms. The second-order valence-electron chi connectivity index (χ2n) is 4.98. The minimum Gasteiger partial charge on any atom is -0.397 e. The number of benzene rings is 1. The Morgan fingerprint density at radius 1 is 0.778 bits per heavy atom. The molecule has 0 unspecified atom stereocenters. The van der Waals surface area contributed by atoms with Crippen molar-refractivity contribution in [3.63, 3.8) is 0 Å². The second kappa shape index (κ2) is 4.45. The quantitative estimate of drug-likeness (QED) is 0.821. The first-order valence-electron chi connectivity index (χ1n) is 6.22. The van der Waals surface area contributed by atoms with Crippen LogP contribution in [-0.2, 0) is 0 Å². The number of nitrogen functional groups attached to an aromatic ring is 1. The van der Waals surface area contributed by atoms with Crippen LogP contribution in [0.15, 0.2) is 18.3 Å². The molecule has 0 fully saturated rings. The standard InChI is InChI=1S/C16H20N2/c1-9-10(2)12(4)16(13(5)11(9)3)15-7-6-14(17)8-18-15/h6-8H,17H2,1-5H3. The maximum absolute atomic E-state index is 5.70. The van der Waals surface area contributed by atoms with Gasteiger partial charge in [-0.05, 0) is 74.6 Å². The van der Waals surface area contributed by atoms with E-state index in [1.807, 2.05) is 12.1 Å². The van der Waals surface area contributed by atoms with Crippen molar-refractivity contribution in [2.45, 2.75) is 34.6 Å². The van der Waals surface area contributed by atoms with Crippen LogP contribution in [0.4, 0.5) is 5.69 Å². The minimum atomic E-state index is 0.703. The number of hydrogen-bond donors (Lipinski definition) is 1. The fourth-order valence-electron chi connectivity index (χ4n) is 2.44. The molecule has 0 saturated heterocycles. The summed E-state index contributed by atoms with van der Waals surface area (Å²) in [5.74, 6) is 0. The van der Waals surface area contributed by atoms with Gasteiger partial charge < -0.3 is 5.73 Å². The van der Waals surface area contributed by atoms with Crippen molar-refractivity contribution in [3.05, 3.63) is 46.1 Å². The molecule has 2 nitrogen and oxygen atoms in total. The SMILES string of the molecule is Cc1c(C)c(C)c(-c2ccc(N)cn2)c(C)c1C. The number of nitrogens with zero attached hydrogens (tertiary/aromatic N) is 1. The Morgan fingerprint density at radius 3 is 1.72 bits per heavy atom. The topological polar surface area (TPSA) is 38.9 Å². The molecule has 1 aromatic carbocycles. The van der Waals surface area contributed by atoms with Gasteiger partial charge in [-0.3, -0.25) is 4.98 Å². The van der Waals surface area contributed by atoms with Crippen molar-refractivity contribution < 1.29 is 0 Å². The smallest absolute Gasteiger partial charge is 0.0709 e. The Morgan fingerprint density at radius 2 is 1.28 bits per heavy atom. The van der Waals surface area contributed by atoms with E-state index in [1.165, 1.54) is 33.4 Å². The van der Waals surface area contributed by atoms with Crippen LogP contribution in [0.25, 0.3) is 11.3 Å². The van der Waals surface area contributed by atoms with Crippen LogP contribution >= 0.6 is 0 Å². The first-order chi connectivity index (χ1) is 8.43. The Labute approximate surface area is 109 Å². The lowest BCUT2D eigenvalue weighted by molar-refractivity contribution is 1.16.